The third-order valence-electron chi connectivity index (χ3n) is 3.25. The van der Waals surface area contributed by atoms with Gasteiger partial charge in [0.05, 0.1) is 0 Å². The first-order valence-corrected chi connectivity index (χ1v) is 6.85. The van der Waals surface area contributed by atoms with Crippen molar-refractivity contribution in [1.29, 1.82) is 0 Å². The van der Waals surface area contributed by atoms with Crippen LogP contribution in [0, 0.1) is 5.82 Å². The maximum absolute atomic E-state index is 12.8. The first-order valence-electron chi connectivity index (χ1n) is 6.85. The second-order valence-electron chi connectivity index (χ2n) is 4.93. The molecule has 0 N–H and O–H groups in total. The second kappa shape index (κ2) is 5.91. The zero-order valence-corrected chi connectivity index (χ0v) is 11.4. The lowest BCUT2D eigenvalue weighted by atomic mass is 10.3. The third kappa shape index (κ3) is 3.37. The normalized spacial score (nSPS) is 13.8. The Labute approximate surface area is 122 Å². The molecule has 0 bridgehead atoms. The van der Waals surface area contributed by atoms with Crippen LogP contribution in [-0.2, 0) is 4.79 Å². The highest BCUT2D eigenvalue weighted by Gasteiger charge is 2.34. The summed E-state index contributed by atoms with van der Waals surface area (Å²) in [6, 6.07) is 11.3. The van der Waals surface area contributed by atoms with Crippen LogP contribution in [0.3, 0.4) is 0 Å². The third-order valence-corrected chi connectivity index (χ3v) is 3.25. The summed E-state index contributed by atoms with van der Waals surface area (Å²) in [5, 5.41) is 0. The first kappa shape index (κ1) is 13.5. The van der Waals surface area contributed by atoms with Crippen LogP contribution in [0.15, 0.2) is 48.7 Å². The molecule has 0 radical (unpaired) electrons. The molecule has 1 aliphatic carbocycles. The highest BCUT2D eigenvalue weighted by Crippen LogP contribution is 2.30. The Bertz CT molecular complexity index is 612. The van der Waals surface area contributed by atoms with E-state index in [9.17, 15) is 9.18 Å². The van der Waals surface area contributed by atoms with Crippen molar-refractivity contribution >= 4 is 11.7 Å². The number of amides is 1. The summed E-state index contributed by atoms with van der Waals surface area (Å²) >= 11 is 0. The molecule has 5 heteroatoms. The number of halogens is 1. The fourth-order valence-electron chi connectivity index (χ4n) is 2.09. The van der Waals surface area contributed by atoms with E-state index >= 15 is 0 Å². The zero-order valence-electron chi connectivity index (χ0n) is 11.4. The van der Waals surface area contributed by atoms with Gasteiger partial charge in [-0.05, 0) is 49.2 Å². The lowest BCUT2D eigenvalue weighted by Crippen LogP contribution is -2.37. The lowest BCUT2D eigenvalue weighted by Gasteiger charge is -2.21. The van der Waals surface area contributed by atoms with Gasteiger partial charge in [-0.2, -0.15) is 0 Å². The van der Waals surface area contributed by atoms with Gasteiger partial charge in [-0.1, -0.05) is 6.07 Å². The monoisotopic (exact) mass is 286 g/mol. The van der Waals surface area contributed by atoms with Gasteiger partial charge >= 0.3 is 0 Å². The van der Waals surface area contributed by atoms with E-state index in [0.717, 1.165) is 12.8 Å². The van der Waals surface area contributed by atoms with Crippen LogP contribution in [0.2, 0.25) is 0 Å². The van der Waals surface area contributed by atoms with Crippen LogP contribution >= 0.6 is 0 Å². The van der Waals surface area contributed by atoms with E-state index in [1.807, 2.05) is 18.2 Å². The number of carbonyl (C=O) groups excluding carboxylic acids is 1. The Morgan fingerprint density at radius 2 is 2.00 bits per heavy atom. The summed E-state index contributed by atoms with van der Waals surface area (Å²) < 4.78 is 18.2. The molecule has 4 nitrogen and oxygen atoms in total. The second-order valence-corrected chi connectivity index (χ2v) is 4.93. The van der Waals surface area contributed by atoms with Crippen LogP contribution in [0.5, 0.6) is 5.75 Å². The smallest absolute Gasteiger partial charge is 0.266 e. The molecule has 1 amide bonds. The predicted octanol–water partition coefficient (Wildman–Crippen LogP) is 2.80. The zero-order chi connectivity index (χ0) is 14.7. The SMILES string of the molecule is O=C(COc1ccc(F)cc1)N(c1ccccn1)C1CC1. The van der Waals surface area contributed by atoms with Gasteiger partial charge in [0, 0.05) is 12.2 Å². The maximum atomic E-state index is 12.8. The molecule has 1 saturated carbocycles. The molecular formula is C16H15FN2O2. The minimum Gasteiger partial charge on any atom is -0.484 e. The number of ether oxygens (including phenoxy) is 1. The van der Waals surface area contributed by atoms with Gasteiger partial charge in [0.1, 0.15) is 17.4 Å². The molecule has 1 aromatic heterocycles. The Morgan fingerprint density at radius 3 is 2.62 bits per heavy atom. The molecule has 21 heavy (non-hydrogen) atoms. The van der Waals surface area contributed by atoms with Crippen molar-refractivity contribution in [2.24, 2.45) is 0 Å². The van der Waals surface area contributed by atoms with Gasteiger partial charge in [-0.25, -0.2) is 9.37 Å². The fraction of sp³-hybridized carbons (Fsp3) is 0.250. The molecule has 0 aliphatic heterocycles. The molecule has 1 fully saturated rings. The molecule has 108 valence electrons. The van der Waals surface area contributed by atoms with Crippen LogP contribution < -0.4 is 9.64 Å². The number of aromatic nitrogens is 1. The van der Waals surface area contributed by atoms with Crippen molar-refractivity contribution in [2.75, 3.05) is 11.5 Å². The van der Waals surface area contributed by atoms with Gasteiger partial charge < -0.3 is 4.74 Å². The number of nitrogens with zero attached hydrogens (tertiary/aromatic N) is 2. The topological polar surface area (TPSA) is 42.4 Å². The number of rotatable bonds is 5. The van der Waals surface area contributed by atoms with E-state index in [-0.39, 0.29) is 24.4 Å². The summed E-state index contributed by atoms with van der Waals surface area (Å²) in [6.07, 6.45) is 3.64. The van der Waals surface area contributed by atoms with Crippen molar-refractivity contribution in [1.82, 2.24) is 4.98 Å². The molecule has 0 saturated heterocycles. The van der Waals surface area contributed by atoms with Gasteiger partial charge in [0.2, 0.25) is 0 Å². The summed E-state index contributed by atoms with van der Waals surface area (Å²) in [5.41, 5.74) is 0. The molecule has 2 aromatic rings. The van der Waals surface area contributed by atoms with Gasteiger partial charge in [0.15, 0.2) is 6.61 Å². The number of hydrogen-bond donors (Lipinski definition) is 0. The number of benzene rings is 1. The highest BCUT2D eigenvalue weighted by molar-refractivity contribution is 5.94. The fourth-order valence-corrected chi connectivity index (χ4v) is 2.09. The van der Waals surface area contributed by atoms with Crippen molar-refractivity contribution in [2.45, 2.75) is 18.9 Å². The van der Waals surface area contributed by atoms with E-state index in [2.05, 4.69) is 4.98 Å². The Hall–Kier alpha value is -2.43. The molecule has 0 spiro atoms. The van der Waals surface area contributed by atoms with E-state index in [0.29, 0.717) is 11.6 Å². The van der Waals surface area contributed by atoms with Crippen molar-refractivity contribution in [3.63, 3.8) is 0 Å². The Kier molecular flexibility index (Phi) is 3.81. The van der Waals surface area contributed by atoms with Gasteiger partial charge in [0.25, 0.3) is 5.91 Å². The summed E-state index contributed by atoms with van der Waals surface area (Å²) in [7, 11) is 0. The lowest BCUT2D eigenvalue weighted by molar-refractivity contribution is -0.120. The number of pyridine rings is 1. The van der Waals surface area contributed by atoms with Crippen LogP contribution in [0.1, 0.15) is 12.8 Å². The van der Waals surface area contributed by atoms with Crippen LogP contribution in [0.4, 0.5) is 10.2 Å². The maximum Gasteiger partial charge on any atom is 0.266 e. The molecule has 0 unspecified atom stereocenters. The Balaban J connectivity index is 1.66. The number of hydrogen-bond acceptors (Lipinski definition) is 3. The van der Waals surface area contributed by atoms with E-state index in [1.54, 1.807) is 11.1 Å². The van der Waals surface area contributed by atoms with E-state index < -0.39 is 0 Å². The summed E-state index contributed by atoms with van der Waals surface area (Å²) in [4.78, 5) is 18.3. The van der Waals surface area contributed by atoms with Crippen LogP contribution in [-0.4, -0.2) is 23.5 Å². The van der Waals surface area contributed by atoms with Gasteiger partial charge in [-0.3, -0.25) is 9.69 Å². The minimum atomic E-state index is -0.332. The minimum absolute atomic E-state index is 0.0846. The summed E-state index contributed by atoms with van der Waals surface area (Å²) in [5.74, 6) is 0.650. The first-order chi connectivity index (χ1) is 10.2. The average Bonchev–Trinajstić information content (AvgIpc) is 3.33. The van der Waals surface area contributed by atoms with Gasteiger partial charge in [-0.15, -0.1) is 0 Å². The molecule has 1 heterocycles. The van der Waals surface area contributed by atoms with Crippen molar-refractivity contribution in [3.8, 4) is 5.75 Å². The predicted molar refractivity (Wildman–Crippen MR) is 76.6 cm³/mol. The molecular weight excluding hydrogens is 271 g/mol. The Morgan fingerprint density at radius 1 is 1.24 bits per heavy atom. The number of carbonyl (C=O) groups is 1. The molecule has 1 aromatic carbocycles. The summed E-state index contributed by atoms with van der Waals surface area (Å²) in [6.45, 7) is -0.0846. The molecule has 1 aliphatic rings. The van der Waals surface area contributed by atoms with E-state index in [4.69, 9.17) is 4.74 Å². The number of anilines is 1. The molecule has 3 rings (SSSR count). The van der Waals surface area contributed by atoms with E-state index in [1.165, 1.54) is 24.3 Å². The average molecular weight is 286 g/mol. The molecule has 0 atom stereocenters. The van der Waals surface area contributed by atoms with Crippen molar-refractivity contribution < 1.29 is 13.9 Å². The highest BCUT2D eigenvalue weighted by atomic mass is 19.1. The standard InChI is InChI=1S/C16H15FN2O2/c17-12-4-8-14(9-5-12)21-11-16(20)19(13-6-7-13)15-3-1-2-10-18-15/h1-5,8-10,13H,6-7,11H2. The quantitative estimate of drug-likeness (QED) is 0.848. The van der Waals surface area contributed by atoms with Crippen LogP contribution in [0.25, 0.3) is 0 Å². The largest absolute Gasteiger partial charge is 0.484 e. The van der Waals surface area contributed by atoms with Crippen molar-refractivity contribution in [3.05, 3.63) is 54.5 Å².